The molecule has 0 aliphatic carbocycles. The molecule has 0 unspecified atom stereocenters. The van der Waals surface area contributed by atoms with Crippen molar-refractivity contribution in [1.82, 2.24) is 9.97 Å². The first kappa shape index (κ1) is 18.7. The van der Waals surface area contributed by atoms with Gasteiger partial charge in [0.2, 0.25) is 0 Å². The van der Waals surface area contributed by atoms with Crippen LogP contribution in [0.5, 0.6) is 0 Å². The molecule has 107 valence electrons. The van der Waals surface area contributed by atoms with Gasteiger partial charge in [-0.05, 0) is 23.9 Å². The summed E-state index contributed by atoms with van der Waals surface area (Å²) in [6.45, 7) is 4.75. The number of hydrogen-bond donors (Lipinski definition) is 0. The Balaban J connectivity index is 0.000000379. The second-order valence-electron chi connectivity index (χ2n) is 3.52. The van der Waals surface area contributed by atoms with Crippen molar-refractivity contribution in [3.63, 3.8) is 0 Å². The minimum atomic E-state index is 0. The Hall–Kier alpha value is -2.34. The Labute approximate surface area is 138 Å². The van der Waals surface area contributed by atoms with Crippen LogP contribution in [0.4, 0.5) is 0 Å². The second kappa shape index (κ2) is 12.7. The van der Waals surface area contributed by atoms with Gasteiger partial charge in [-0.15, -0.1) is 35.9 Å². The van der Waals surface area contributed by atoms with Crippen LogP contribution in [-0.2, 0) is 20.1 Å². The molecule has 2 heterocycles. The average Bonchev–Trinajstić information content (AvgIpc) is 2.60. The van der Waals surface area contributed by atoms with Crippen LogP contribution in [0.2, 0.25) is 0 Å². The van der Waals surface area contributed by atoms with E-state index in [0.717, 1.165) is 11.3 Å². The molecule has 0 aliphatic heterocycles. The first-order valence-corrected chi connectivity index (χ1v) is 5.92. The minimum Gasteiger partial charge on any atom is -0.512 e. The van der Waals surface area contributed by atoms with Crippen LogP contribution in [0.15, 0.2) is 79.3 Å². The first-order chi connectivity index (χ1) is 9.97. The van der Waals surface area contributed by atoms with Crippen molar-refractivity contribution in [3.8, 4) is 11.3 Å². The molecule has 1 aromatic carbocycles. The fraction of sp³-hybridized carbons (Fsp3) is 0. The predicted molar refractivity (Wildman–Crippen MR) is 77.7 cm³/mol. The SMILES string of the molecule is [C-]#N.[Ir].[c-]1ccccc1-c1ccccn1.c1ccncc1. The summed E-state index contributed by atoms with van der Waals surface area (Å²) in [5, 5.41) is 6.25. The van der Waals surface area contributed by atoms with Crippen molar-refractivity contribution < 1.29 is 20.1 Å². The third kappa shape index (κ3) is 7.74. The monoisotopic (exact) mass is 452 g/mol. The Bertz CT molecular complexity index is 519. The van der Waals surface area contributed by atoms with Crippen molar-refractivity contribution >= 4 is 0 Å². The molecule has 3 nitrogen and oxygen atoms in total. The Morgan fingerprint density at radius 2 is 1.48 bits per heavy atom. The van der Waals surface area contributed by atoms with E-state index in [1.54, 1.807) is 18.6 Å². The van der Waals surface area contributed by atoms with Crippen LogP contribution in [0.25, 0.3) is 11.3 Å². The summed E-state index contributed by atoms with van der Waals surface area (Å²) in [7, 11) is 0. The summed E-state index contributed by atoms with van der Waals surface area (Å²) < 4.78 is 0. The number of nitrogens with zero attached hydrogens (tertiary/aromatic N) is 3. The van der Waals surface area contributed by atoms with Gasteiger partial charge in [-0.3, -0.25) is 4.98 Å². The van der Waals surface area contributed by atoms with Crippen molar-refractivity contribution in [1.29, 1.82) is 5.26 Å². The van der Waals surface area contributed by atoms with Gasteiger partial charge in [0.05, 0.1) is 0 Å². The Morgan fingerprint density at radius 3 is 1.90 bits per heavy atom. The summed E-state index contributed by atoms with van der Waals surface area (Å²) in [5.41, 5.74) is 2.01. The van der Waals surface area contributed by atoms with Gasteiger partial charge < -0.3 is 16.8 Å². The zero-order valence-electron chi connectivity index (χ0n) is 11.2. The molecule has 21 heavy (non-hydrogen) atoms. The average molecular weight is 452 g/mol. The van der Waals surface area contributed by atoms with E-state index in [1.807, 2.05) is 60.7 Å². The minimum absolute atomic E-state index is 0. The normalized spacial score (nSPS) is 7.90. The smallest absolute Gasteiger partial charge is 0.0267 e. The van der Waals surface area contributed by atoms with Gasteiger partial charge in [0.15, 0.2) is 0 Å². The molecule has 0 spiro atoms. The van der Waals surface area contributed by atoms with Crippen molar-refractivity contribution in [2.45, 2.75) is 0 Å². The quantitative estimate of drug-likeness (QED) is 0.530. The van der Waals surface area contributed by atoms with Gasteiger partial charge in [0.1, 0.15) is 0 Å². The molecular formula is C17H13IrN3-2. The molecular weight excluding hydrogens is 438 g/mol. The molecule has 0 fully saturated rings. The van der Waals surface area contributed by atoms with Crippen LogP contribution in [-0.4, -0.2) is 9.97 Å². The maximum atomic E-state index is 6.25. The van der Waals surface area contributed by atoms with E-state index in [9.17, 15) is 0 Å². The molecule has 0 bridgehead atoms. The van der Waals surface area contributed by atoms with Crippen LogP contribution in [0.1, 0.15) is 0 Å². The van der Waals surface area contributed by atoms with Crippen LogP contribution in [0.3, 0.4) is 0 Å². The molecule has 3 rings (SSSR count). The molecule has 2 aromatic heterocycles. The van der Waals surface area contributed by atoms with Crippen LogP contribution < -0.4 is 0 Å². The van der Waals surface area contributed by atoms with Gasteiger partial charge in [0, 0.05) is 38.7 Å². The largest absolute Gasteiger partial charge is 0.512 e. The Kier molecular flexibility index (Phi) is 11.3. The standard InChI is InChI=1S/C11H8N.C5H5N.CN.Ir/c1-2-6-10(7-3-1)11-8-4-5-9-12-11;1-2-4-6-5-3-1;1-2;/h1-6,8-9H;1-5H;;/q-1;;-1;. The summed E-state index contributed by atoms with van der Waals surface area (Å²) in [6, 6.07) is 22.5. The fourth-order valence-electron chi connectivity index (χ4n) is 1.39. The number of benzene rings is 1. The second-order valence-corrected chi connectivity index (χ2v) is 3.52. The van der Waals surface area contributed by atoms with Crippen molar-refractivity contribution in [2.24, 2.45) is 0 Å². The number of hydrogen-bond acceptors (Lipinski definition) is 3. The summed E-state index contributed by atoms with van der Waals surface area (Å²) in [6.07, 6.45) is 5.29. The van der Waals surface area contributed by atoms with Gasteiger partial charge in [0.25, 0.3) is 0 Å². The first-order valence-electron chi connectivity index (χ1n) is 5.92. The van der Waals surface area contributed by atoms with Crippen molar-refractivity contribution in [2.75, 3.05) is 0 Å². The number of rotatable bonds is 1. The molecule has 0 N–H and O–H groups in total. The van der Waals surface area contributed by atoms with Crippen LogP contribution >= 0.6 is 0 Å². The maximum absolute atomic E-state index is 6.25. The summed E-state index contributed by atoms with van der Waals surface area (Å²) >= 11 is 0. The summed E-state index contributed by atoms with van der Waals surface area (Å²) in [5.74, 6) is 0. The fourth-order valence-corrected chi connectivity index (χ4v) is 1.39. The molecule has 0 amide bonds. The number of aromatic nitrogens is 2. The van der Waals surface area contributed by atoms with E-state index in [0.29, 0.717) is 0 Å². The van der Waals surface area contributed by atoms with E-state index in [2.05, 4.69) is 16.0 Å². The topological polar surface area (TPSA) is 49.6 Å². The van der Waals surface area contributed by atoms with E-state index in [1.165, 1.54) is 0 Å². The van der Waals surface area contributed by atoms with Gasteiger partial charge in [-0.2, -0.15) is 0 Å². The van der Waals surface area contributed by atoms with E-state index in [-0.39, 0.29) is 20.1 Å². The summed E-state index contributed by atoms with van der Waals surface area (Å²) in [4.78, 5) is 8.00. The van der Waals surface area contributed by atoms with Gasteiger partial charge in [-0.1, -0.05) is 18.2 Å². The zero-order valence-corrected chi connectivity index (χ0v) is 13.6. The van der Waals surface area contributed by atoms with Gasteiger partial charge >= 0.3 is 0 Å². The molecule has 1 radical (unpaired) electrons. The molecule has 0 saturated heterocycles. The number of pyridine rings is 2. The Morgan fingerprint density at radius 1 is 0.810 bits per heavy atom. The zero-order chi connectivity index (χ0) is 14.5. The molecule has 4 heteroatoms. The third-order valence-corrected chi connectivity index (χ3v) is 2.22. The third-order valence-electron chi connectivity index (χ3n) is 2.22. The molecule has 0 atom stereocenters. The van der Waals surface area contributed by atoms with E-state index < -0.39 is 0 Å². The molecule has 0 aliphatic rings. The predicted octanol–water partition coefficient (Wildman–Crippen LogP) is 3.72. The molecule has 0 saturated carbocycles. The van der Waals surface area contributed by atoms with Gasteiger partial charge in [-0.25, -0.2) is 0 Å². The van der Waals surface area contributed by atoms with E-state index in [4.69, 9.17) is 11.8 Å². The van der Waals surface area contributed by atoms with Crippen molar-refractivity contribution in [3.05, 3.63) is 91.9 Å². The van der Waals surface area contributed by atoms with E-state index >= 15 is 0 Å². The molecule has 3 aromatic rings. The van der Waals surface area contributed by atoms with Crippen LogP contribution in [0, 0.1) is 17.9 Å². The maximum Gasteiger partial charge on any atom is 0.0267 e.